The summed E-state index contributed by atoms with van der Waals surface area (Å²) >= 11 is 0. The lowest BCUT2D eigenvalue weighted by atomic mass is 9.90. The van der Waals surface area contributed by atoms with E-state index in [-0.39, 0.29) is 12.2 Å². The first-order valence-corrected chi connectivity index (χ1v) is 19.6. The third kappa shape index (κ3) is 5.61. The smallest absolute Gasteiger partial charge is 0.135 e. The van der Waals surface area contributed by atoms with Gasteiger partial charge in [-0.25, -0.2) is 0 Å². The van der Waals surface area contributed by atoms with Gasteiger partial charge in [-0.2, -0.15) is 0 Å². The Labute approximate surface area is 325 Å². The first kappa shape index (κ1) is 32.7. The average Bonchev–Trinajstić information content (AvgIpc) is 3.82. The van der Waals surface area contributed by atoms with E-state index in [1.807, 2.05) is 12.1 Å². The Kier molecular flexibility index (Phi) is 7.89. The highest BCUT2D eigenvalue weighted by Gasteiger charge is 2.28. The van der Waals surface area contributed by atoms with Gasteiger partial charge in [0.05, 0.1) is 11.0 Å². The van der Waals surface area contributed by atoms with Gasteiger partial charge in [0.1, 0.15) is 17.3 Å². The number of nitrogens with one attached hydrogen (secondary N) is 1. The molecule has 3 heterocycles. The van der Waals surface area contributed by atoms with Crippen molar-refractivity contribution in [2.45, 2.75) is 31.0 Å². The normalized spacial score (nSPS) is 18.3. The fourth-order valence-corrected chi connectivity index (χ4v) is 8.94. The van der Waals surface area contributed by atoms with E-state index < -0.39 is 0 Å². The number of hydrogen-bond acceptors (Lipinski definition) is 3. The van der Waals surface area contributed by atoms with Crippen molar-refractivity contribution < 1.29 is 4.42 Å². The van der Waals surface area contributed by atoms with Gasteiger partial charge in [0.25, 0.3) is 0 Å². The van der Waals surface area contributed by atoms with Crippen LogP contribution in [-0.4, -0.2) is 10.3 Å². The number of nitrogens with zero attached hydrogens (tertiary/aromatic N) is 2. The van der Waals surface area contributed by atoms with Crippen molar-refractivity contribution in [1.82, 2.24) is 9.88 Å². The SMILES string of the molecule is C1=CCC(c2ccc(-c3ccc(C4CC(c5cccc6c5c5ccccc5n6-c5ccc6oc7ccccc7c6c5)=NC(c5ccccc5)N4)cc3)cc2)C=C1. The van der Waals surface area contributed by atoms with Crippen LogP contribution in [0.3, 0.4) is 0 Å². The molecule has 11 rings (SSSR count). The summed E-state index contributed by atoms with van der Waals surface area (Å²) in [7, 11) is 0. The van der Waals surface area contributed by atoms with Crippen molar-refractivity contribution in [3.63, 3.8) is 0 Å². The minimum atomic E-state index is -0.179. The van der Waals surface area contributed by atoms with Crippen molar-refractivity contribution in [2.75, 3.05) is 0 Å². The zero-order chi connectivity index (χ0) is 37.0. The fraction of sp³-hybridized carbons (Fsp3) is 0.0962. The Balaban J connectivity index is 0.990. The van der Waals surface area contributed by atoms with Gasteiger partial charge in [-0.05, 0) is 70.6 Å². The number of aromatic nitrogens is 1. The van der Waals surface area contributed by atoms with Gasteiger partial charge >= 0.3 is 0 Å². The Bertz CT molecular complexity index is 3000. The molecule has 4 heteroatoms. The maximum atomic E-state index is 6.21. The highest BCUT2D eigenvalue weighted by Crippen LogP contribution is 2.40. The zero-order valence-corrected chi connectivity index (χ0v) is 30.8. The first-order chi connectivity index (χ1) is 27.7. The monoisotopic (exact) mass is 721 g/mol. The molecule has 1 aliphatic carbocycles. The molecule has 268 valence electrons. The molecule has 0 spiro atoms. The molecule has 0 amide bonds. The minimum absolute atomic E-state index is 0.0793. The summed E-state index contributed by atoms with van der Waals surface area (Å²) in [5.74, 6) is 0.455. The molecule has 0 fully saturated rings. The van der Waals surface area contributed by atoms with Crippen LogP contribution in [0.2, 0.25) is 0 Å². The quantitative estimate of drug-likeness (QED) is 0.186. The van der Waals surface area contributed by atoms with Crippen LogP contribution in [0.25, 0.3) is 60.6 Å². The molecule has 0 saturated carbocycles. The number of furan rings is 1. The average molecular weight is 722 g/mol. The topological polar surface area (TPSA) is 42.5 Å². The highest BCUT2D eigenvalue weighted by atomic mass is 16.3. The molecule has 3 unspecified atom stereocenters. The molecule has 7 aromatic carbocycles. The summed E-state index contributed by atoms with van der Waals surface area (Å²) in [6.45, 7) is 0. The summed E-state index contributed by atoms with van der Waals surface area (Å²) in [5.41, 5.74) is 13.8. The second-order valence-electron chi connectivity index (χ2n) is 15.0. The van der Waals surface area contributed by atoms with E-state index in [2.05, 4.69) is 186 Å². The van der Waals surface area contributed by atoms with Crippen LogP contribution in [0.15, 0.2) is 198 Å². The highest BCUT2D eigenvalue weighted by molar-refractivity contribution is 6.21. The molecule has 0 radical (unpaired) electrons. The van der Waals surface area contributed by atoms with Crippen molar-refractivity contribution in [3.05, 3.63) is 210 Å². The van der Waals surface area contributed by atoms with Crippen LogP contribution in [0.5, 0.6) is 0 Å². The van der Waals surface area contributed by atoms with Crippen LogP contribution < -0.4 is 5.32 Å². The largest absolute Gasteiger partial charge is 0.456 e. The van der Waals surface area contributed by atoms with Crippen molar-refractivity contribution in [3.8, 4) is 16.8 Å². The van der Waals surface area contributed by atoms with Gasteiger partial charge in [0.15, 0.2) is 0 Å². The summed E-state index contributed by atoms with van der Waals surface area (Å²) in [5, 5.41) is 8.61. The van der Waals surface area contributed by atoms with E-state index in [0.29, 0.717) is 5.92 Å². The third-order valence-corrected chi connectivity index (χ3v) is 11.7. The van der Waals surface area contributed by atoms with Gasteiger partial charge in [-0.15, -0.1) is 0 Å². The summed E-state index contributed by atoms with van der Waals surface area (Å²) in [6.07, 6.45) is 10.5. The Morgan fingerprint density at radius 2 is 1.29 bits per heavy atom. The summed E-state index contributed by atoms with van der Waals surface area (Å²) in [4.78, 5) is 5.49. The summed E-state index contributed by atoms with van der Waals surface area (Å²) < 4.78 is 8.61. The van der Waals surface area contributed by atoms with Crippen LogP contribution in [-0.2, 0) is 0 Å². The maximum Gasteiger partial charge on any atom is 0.135 e. The molecular formula is C52H39N3O. The molecule has 2 aliphatic rings. The van der Waals surface area contributed by atoms with Crippen molar-refractivity contribution >= 4 is 49.5 Å². The molecule has 0 saturated heterocycles. The van der Waals surface area contributed by atoms with Gasteiger partial charge < -0.3 is 8.98 Å². The van der Waals surface area contributed by atoms with Crippen LogP contribution in [0, 0.1) is 0 Å². The van der Waals surface area contributed by atoms with Gasteiger partial charge in [0, 0.05) is 56.9 Å². The standard InChI is InChI=1S/C52H39N3O/c1-3-12-34(13-4-1)35-22-24-36(25-23-35)37-26-28-38(29-27-37)45-33-46(54-52(53-45)39-14-5-2-6-15-39)42-18-11-20-48-51(42)43-17-7-9-19-47(43)55(48)40-30-31-50-44(32-40)41-16-8-10-21-49(41)56-50/h1-12,14-32,34,45,52-53H,13,33H2. The van der Waals surface area contributed by atoms with Crippen LogP contribution >= 0.6 is 0 Å². The molecule has 0 bridgehead atoms. The molecule has 2 aromatic heterocycles. The van der Waals surface area contributed by atoms with Gasteiger partial charge in [-0.3, -0.25) is 10.3 Å². The molecule has 1 N–H and O–H groups in total. The van der Waals surface area contributed by atoms with Gasteiger partial charge in [-0.1, -0.05) is 152 Å². The van der Waals surface area contributed by atoms with Gasteiger partial charge in [0.2, 0.25) is 0 Å². The van der Waals surface area contributed by atoms with Crippen LogP contribution in [0.1, 0.15) is 53.2 Å². The lowest BCUT2D eigenvalue weighted by Gasteiger charge is -2.31. The summed E-state index contributed by atoms with van der Waals surface area (Å²) in [6, 6.07) is 59.2. The minimum Gasteiger partial charge on any atom is -0.456 e. The Morgan fingerprint density at radius 3 is 2.09 bits per heavy atom. The third-order valence-electron chi connectivity index (χ3n) is 11.7. The molecule has 4 nitrogen and oxygen atoms in total. The van der Waals surface area contributed by atoms with E-state index in [1.54, 1.807) is 0 Å². The van der Waals surface area contributed by atoms with E-state index in [9.17, 15) is 0 Å². The number of aliphatic imine (C=N–C) groups is 1. The number of benzene rings is 7. The number of allylic oxidation sites excluding steroid dienone is 4. The second kappa shape index (κ2) is 13.5. The number of hydrogen-bond donors (Lipinski definition) is 1. The van der Waals surface area contributed by atoms with Crippen LogP contribution in [0.4, 0.5) is 0 Å². The lowest BCUT2D eigenvalue weighted by Crippen LogP contribution is -2.33. The first-order valence-electron chi connectivity index (χ1n) is 19.6. The van der Waals surface area contributed by atoms with Crippen molar-refractivity contribution in [1.29, 1.82) is 0 Å². The van der Waals surface area contributed by atoms with E-state index in [0.717, 1.165) is 57.3 Å². The maximum absolute atomic E-state index is 6.21. The molecule has 3 atom stereocenters. The van der Waals surface area contributed by atoms with E-state index in [4.69, 9.17) is 9.41 Å². The molecule has 9 aromatic rings. The molecular weight excluding hydrogens is 683 g/mol. The number of fused-ring (bicyclic) bond motifs is 6. The zero-order valence-electron chi connectivity index (χ0n) is 30.8. The molecule has 1 aliphatic heterocycles. The molecule has 56 heavy (non-hydrogen) atoms. The lowest BCUT2D eigenvalue weighted by molar-refractivity contribution is 0.442. The predicted octanol–water partition coefficient (Wildman–Crippen LogP) is 13.2. The van der Waals surface area contributed by atoms with E-state index in [1.165, 1.54) is 44.1 Å². The van der Waals surface area contributed by atoms with E-state index >= 15 is 0 Å². The predicted molar refractivity (Wildman–Crippen MR) is 232 cm³/mol. The Morgan fingerprint density at radius 1 is 0.571 bits per heavy atom. The van der Waals surface area contributed by atoms with Crippen molar-refractivity contribution in [2.24, 2.45) is 4.99 Å². The number of para-hydroxylation sites is 2. The number of rotatable bonds is 6. The fourth-order valence-electron chi connectivity index (χ4n) is 8.94. The Hall–Kier alpha value is -6.75. The second-order valence-corrected chi connectivity index (χ2v) is 15.0.